The molecule has 0 atom stereocenters. The summed E-state index contributed by atoms with van der Waals surface area (Å²) < 4.78 is 5.21. The fourth-order valence-corrected chi connectivity index (χ4v) is 3.46. The number of hydrogen-bond donors (Lipinski definition) is 1. The summed E-state index contributed by atoms with van der Waals surface area (Å²) in [5, 5.41) is 9.34. The fourth-order valence-electron chi connectivity index (χ4n) is 2.52. The molecular weight excluding hydrogens is 364 g/mol. The predicted octanol–water partition coefficient (Wildman–Crippen LogP) is 3.65. The van der Waals surface area contributed by atoms with Gasteiger partial charge in [0.15, 0.2) is 5.17 Å². The molecule has 2 aromatic carbocycles. The van der Waals surface area contributed by atoms with Crippen LogP contribution < -0.4 is 9.64 Å². The maximum atomic E-state index is 13.0. The molecule has 27 heavy (non-hydrogen) atoms. The minimum atomic E-state index is -0.883. The molecule has 2 aromatic rings. The second-order valence-corrected chi connectivity index (χ2v) is 6.73. The summed E-state index contributed by atoms with van der Waals surface area (Å²) in [4.78, 5) is 29.7. The molecule has 0 saturated heterocycles. The van der Waals surface area contributed by atoms with E-state index in [2.05, 4.69) is 4.99 Å². The highest BCUT2D eigenvalue weighted by molar-refractivity contribution is 8.14. The number of ether oxygens (including phenoxy) is 1. The van der Waals surface area contributed by atoms with Crippen molar-refractivity contribution < 1.29 is 19.4 Å². The Morgan fingerprint density at radius 2 is 2.00 bits per heavy atom. The summed E-state index contributed by atoms with van der Waals surface area (Å²) >= 11 is 1.25. The molecule has 1 aliphatic rings. The number of aliphatic carboxylic acids is 1. The molecular formula is C20H18N2O4S. The zero-order valence-electron chi connectivity index (χ0n) is 14.7. The summed E-state index contributed by atoms with van der Waals surface area (Å²) in [7, 11) is 1.58. The first kappa shape index (κ1) is 18.7. The predicted molar refractivity (Wildman–Crippen MR) is 107 cm³/mol. The molecule has 0 unspecified atom stereocenters. The van der Waals surface area contributed by atoms with E-state index < -0.39 is 5.97 Å². The molecule has 0 saturated carbocycles. The van der Waals surface area contributed by atoms with Crippen LogP contribution in [0.2, 0.25) is 0 Å². The number of rotatable bonds is 6. The van der Waals surface area contributed by atoms with Crippen molar-refractivity contribution >= 4 is 40.6 Å². The number of aliphatic imine (C=N–C) groups is 1. The highest BCUT2D eigenvalue weighted by Crippen LogP contribution is 2.29. The quantitative estimate of drug-likeness (QED) is 0.772. The van der Waals surface area contributed by atoms with Gasteiger partial charge in [0.1, 0.15) is 11.4 Å². The number of anilines is 1. The monoisotopic (exact) mass is 382 g/mol. The van der Waals surface area contributed by atoms with Crippen molar-refractivity contribution in [3.8, 4) is 5.75 Å². The van der Waals surface area contributed by atoms with Crippen LogP contribution in [0.3, 0.4) is 0 Å². The minimum Gasteiger partial charge on any atom is -0.497 e. The number of thioether (sulfide) groups is 1. The third-order valence-corrected chi connectivity index (χ3v) is 4.73. The molecule has 0 radical (unpaired) electrons. The van der Waals surface area contributed by atoms with Crippen molar-refractivity contribution in [1.82, 2.24) is 0 Å². The Morgan fingerprint density at radius 3 is 2.70 bits per heavy atom. The van der Waals surface area contributed by atoms with E-state index in [0.29, 0.717) is 28.1 Å². The molecule has 138 valence electrons. The average Bonchev–Trinajstić information content (AvgIpc) is 2.97. The Labute approximate surface area is 161 Å². The molecule has 0 aliphatic carbocycles. The number of nitrogens with zero attached hydrogens (tertiary/aromatic N) is 2. The highest BCUT2D eigenvalue weighted by Gasteiger charge is 2.31. The van der Waals surface area contributed by atoms with E-state index >= 15 is 0 Å². The lowest BCUT2D eigenvalue weighted by Gasteiger charge is -2.17. The molecule has 1 N–H and O–H groups in total. The number of amides is 1. The standard InChI is InChI=1S/C20H18N2O4S/c1-26-16-9-5-6-14(12-16)13-17-19(25)22(15-7-3-2-4-8-15)20(21-17)27-11-10-18(23)24/h2-9,12-13H,10-11H2,1H3,(H,23,24)/b17-13-. The van der Waals surface area contributed by atoms with Crippen LogP contribution in [0.1, 0.15) is 12.0 Å². The van der Waals surface area contributed by atoms with Gasteiger partial charge in [0.05, 0.1) is 19.2 Å². The average molecular weight is 382 g/mol. The van der Waals surface area contributed by atoms with Gasteiger partial charge in [-0.25, -0.2) is 4.99 Å². The first-order valence-electron chi connectivity index (χ1n) is 8.27. The van der Waals surface area contributed by atoms with Gasteiger partial charge in [-0.05, 0) is 35.9 Å². The smallest absolute Gasteiger partial charge is 0.304 e. The maximum absolute atomic E-state index is 13.0. The number of carboxylic acids is 1. The van der Waals surface area contributed by atoms with Gasteiger partial charge < -0.3 is 9.84 Å². The van der Waals surface area contributed by atoms with E-state index in [9.17, 15) is 9.59 Å². The first-order chi connectivity index (χ1) is 13.1. The van der Waals surface area contributed by atoms with Gasteiger partial charge in [0.2, 0.25) is 0 Å². The highest BCUT2D eigenvalue weighted by atomic mass is 32.2. The topological polar surface area (TPSA) is 79.2 Å². The Morgan fingerprint density at radius 1 is 1.22 bits per heavy atom. The number of carboxylic acid groups (broad SMARTS) is 1. The first-order valence-corrected chi connectivity index (χ1v) is 9.25. The van der Waals surface area contributed by atoms with Crippen LogP contribution in [-0.4, -0.2) is 35.0 Å². The third kappa shape index (κ3) is 4.57. The molecule has 0 bridgehead atoms. The SMILES string of the molecule is COc1cccc(/C=C2\N=C(SCCC(=O)O)N(c3ccccc3)C2=O)c1. The summed E-state index contributed by atoms with van der Waals surface area (Å²) in [6, 6.07) is 16.5. The fraction of sp³-hybridized carbons (Fsp3) is 0.150. The number of amidine groups is 1. The lowest BCUT2D eigenvalue weighted by atomic mass is 10.2. The Hall–Kier alpha value is -3.06. The van der Waals surface area contributed by atoms with Gasteiger partial charge in [-0.2, -0.15) is 0 Å². The van der Waals surface area contributed by atoms with Crippen LogP contribution in [-0.2, 0) is 9.59 Å². The van der Waals surface area contributed by atoms with Gasteiger partial charge in [0.25, 0.3) is 5.91 Å². The van der Waals surface area contributed by atoms with Crippen LogP contribution in [0.4, 0.5) is 5.69 Å². The van der Waals surface area contributed by atoms with E-state index in [1.807, 2.05) is 54.6 Å². The van der Waals surface area contributed by atoms with Crippen molar-refractivity contribution in [2.75, 3.05) is 17.8 Å². The summed E-state index contributed by atoms with van der Waals surface area (Å²) in [5.74, 6) is -0.112. The van der Waals surface area contributed by atoms with Gasteiger partial charge in [-0.15, -0.1) is 0 Å². The van der Waals surface area contributed by atoms with E-state index in [1.54, 1.807) is 13.2 Å². The molecule has 1 heterocycles. The zero-order valence-corrected chi connectivity index (χ0v) is 15.5. The van der Waals surface area contributed by atoms with Crippen molar-refractivity contribution in [2.45, 2.75) is 6.42 Å². The molecule has 7 heteroatoms. The molecule has 0 aromatic heterocycles. The largest absolute Gasteiger partial charge is 0.497 e. The number of carbonyl (C=O) groups excluding carboxylic acids is 1. The number of benzene rings is 2. The maximum Gasteiger partial charge on any atom is 0.304 e. The Bertz CT molecular complexity index is 909. The second-order valence-electron chi connectivity index (χ2n) is 5.67. The Kier molecular flexibility index (Phi) is 5.93. The van der Waals surface area contributed by atoms with Gasteiger partial charge >= 0.3 is 5.97 Å². The zero-order chi connectivity index (χ0) is 19.2. The van der Waals surface area contributed by atoms with Crippen LogP contribution in [0.25, 0.3) is 6.08 Å². The molecule has 6 nitrogen and oxygen atoms in total. The molecule has 0 fully saturated rings. The van der Waals surface area contributed by atoms with Gasteiger partial charge in [0, 0.05) is 5.75 Å². The van der Waals surface area contributed by atoms with Crippen molar-refractivity contribution in [1.29, 1.82) is 0 Å². The third-order valence-electron chi connectivity index (χ3n) is 3.79. The van der Waals surface area contributed by atoms with Crippen molar-refractivity contribution in [3.63, 3.8) is 0 Å². The van der Waals surface area contributed by atoms with Gasteiger partial charge in [-0.1, -0.05) is 42.1 Å². The second kappa shape index (κ2) is 8.55. The number of hydrogen-bond acceptors (Lipinski definition) is 5. The van der Waals surface area contributed by atoms with E-state index in [4.69, 9.17) is 9.84 Å². The van der Waals surface area contributed by atoms with Crippen LogP contribution >= 0.6 is 11.8 Å². The summed E-state index contributed by atoms with van der Waals surface area (Å²) in [5.41, 5.74) is 1.79. The van der Waals surface area contributed by atoms with E-state index in [-0.39, 0.29) is 12.3 Å². The summed E-state index contributed by atoms with van der Waals surface area (Å²) in [6.07, 6.45) is 1.70. The number of methoxy groups -OCH3 is 1. The molecule has 0 spiro atoms. The minimum absolute atomic E-state index is 0.00453. The van der Waals surface area contributed by atoms with Crippen molar-refractivity contribution in [3.05, 3.63) is 65.9 Å². The van der Waals surface area contributed by atoms with Crippen molar-refractivity contribution in [2.24, 2.45) is 4.99 Å². The van der Waals surface area contributed by atoms with Crippen LogP contribution in [0, 0.1) is 0 Å². The molecule has 1 amide bonds. The lowest BCUT2D eigenvalue weighted by molar-refractivity contribution is -0.136. The Balaban J connectivity index is 1.92. The van der Waals surface area contributed by atoms with Gasteiger partial charge in [-0.3, -0.25) is 14.5 Å². The number of carbonyl (C=O) groups is 2. The number of para-hydroxylation sites is 1. The van der Waals surface area contributed by atoms with E-state index in [1.165, 1.54) is 16.7 Å². The van der Waals surface area contributed by atoms with Crippen LogP contribution in [0.5, 0.6) is 5.75 Å². The lowest BCUT2D eigenvalue weighted by Crippen LogP contribution is -2.30. The summed E-state index contributed by atoms with van der Waals surface area (Å²) in [6.45, 7) is 0. The van der Waals surface area contributed by atoms with Crippen LogP contribution in [0.15, 0.2) is 65.3 Å². The molecule has 3 rings (SSSR count). The molecule has 1 aliphatic heterocycles. The van der Waals surface area contributed by atoms with E-state index in [0.717, 1.165) is 5.56 Å². The normalized spacial score (nSPS) is 15.1.